The molecule has 0 heterocycles. The third kappa shape index (κ3) is 4.90. The van der Waals surface area contributed by atoms with Gasteiger partial charge in [0.05, 0.1) is 11.6 Å². The van der Waals surface area contributed by atoms with Crippen molar-refractivity contribution in [2.24, 2.45) is 0 Å². The Bertz CT molecular complexity index is 648. The first-order valence-electron chi connectivity index (χ1n) is 7.02. The van der Waals surface area contributed by atoms with Gasteiger partial charge in [-0.3, -0.25) is 0 Å². The number of ether oxygens (including phenoxy) is 1. The minimum Gasteiger partial charge on any atom is -0.490 e. The molecule has 0 fully saturated rings. The van der Waals surface area contributed by atoms with Gasteiger partial charge >= 0.3 is 0 Å². The Morgan fingerprint density at radius 2 is 2.00 bits per heavy atom. The number of hydrogen-bond donors (Lipinski definition) is 1. The molecule has 5 heteroatoms. The summed E-state index contributed by atoms with van der Waals surface area (Å²) in [6, 6.07) is 15.5. The second-order valence-electron chi connectivity index (χ2n) is 5.00. The fraction of sp³-hybridized carbons (Fsp3) is 0.235. The summed E-state index contributed by atoms with van der Waals surface area (Å²) in [5.74, 6) is 0.690. The van der Waals surface area contributed by atoms with Crippen LogP contribution in [0.1, 0.15) is 5.56 Å². The van der Waals surface area contributed by atoms with E-state index in [2.05, 4.69) is 24.4 Å². The Morgan fingerprint density at radius 3 is 2.73 bits per heavy atom. The topological polar surface area (TPSA) is 24.5 Å². The summed E-state index contributed by atoms with van der Waals surface area (Å²) >= 11 is 11.4. The average Bonchev–Trinajstić information content (AvgIpc) is 2.49. The van der Waals surface area contributed by atoms with Gasteiger partial charge in [-0.25, -0.2) is 0 Å². The lowest BCUT2D eigenvalue weighted by atomic mass is 10.2. The molecule has 0 aliphatic rings. The van der Waals surface area contributed by atoms with Crippen LogP contribution in [0.15, 0.2) is 48.5 Å². The molecule has 0 spiro atoms. The van der Waals surface area contributed by atoms with E-state index in [1.807, 2.05) is 48.3 Å². The van der Waals surface area contributed by atoms with Crippen molar-refractivity contribution in [3.8, 4) is 5.75 Å². The lowest BCUT2D eigenvalue weighted by Crippen LogP contribution is -2.34. The highest BCUT2D eigenvalue weighted by Gasteiger charge is 2.06. The molecule has 0 unspecified atom stereocenters. The van der Waals surface area contributed by atoms with Crippen LogP contribution in [0.3, 0.4) is 0 Å². The number of aryl methyl sites for hydroxylation is 1. The highest BCUT2D eigenvalue weighted by molar-refractivity contribution is 7.80. The van der Waals surface area contributed by atoms with Crippen LogP contribution in [0.4, 0.5) is 5.69 Å². The highest BCUT2D eigenvalue weighted by atomic mass is 35.5. The van der Waals surface area contributed by atoms with E-state index in [1.165, 1.54) is 5.56 Å². The third-order valence-corrected chi connectivity index (χ3v) is 3.86. The van der Waals surface area contributed by atoms with E-state index < -0.39 is 0 Å². The number of rotatable bonds is 5. The maximum Gasteiger partial charge on any atom is 0.173 e. The predicted molar refractivity (Wildman–Crippen MR) is 97.0 cm³/mol. The molecule has 0 bridgehead atoms. The Morgan fingerprint density at radius 1 is 1.23 bits per heavy atom. The zero-order valence-electron chi connectivity index (χ0n) is 12.7. The van der Waals surface area contributed by atoms with Gasteiger partial charge < -0.3 is 15.0 Å². The second-order valence-corrected chi connectivity index (χ2v) is 5.79. The number of anilines is 1. The molecule has 0 aromatic heterocycles. The summed E-state index contributed by atoms with van der Waals surface area (Å²) in [5, 5.41) is 4.50. The van der Waals surface area contributed by atoms with Crippen LogP contribution in [0.2, 0.25) is 5.02 Å². The molecule has 2 rings (SSSR count). The van der Waals surface area contributed by atoms with Gasteiger partial charge in [-0.05, 0) is 49.0 Å². The molecule has 2 aromatic rings. The first kappa shape index (κ1) is 16.6. The van der Waals surface area contributed by atoms with E-state index in [0.29, 0.717) is 29.0 Å². The van der Waals surface area contributed by atoms with E-state index in [-0.39, 0.29) is 0 Å². The summed E-state index contributed by atoms with van der Waals surface area (Å²) in [5.41, 5.74) is 2.18. The third-order valence-electron chi connectivity index (χ3n) is 3.14. The molecule has 1 N–H and O–H groups in total. The molecule has 0 atom stereocenters. The quantitative estimate of drug-likeness (QED) is 0.821. The second kappa shape index (κ2) is 8.01. The minimum absolute atomic E-state index is 0.510. The van der Waals surface area contributed by atoms with Crippen LogP contribution >= 0.6 is 23.8 Å². The Kier molecular flexibility index (Phi) is 6.04. The molecule has 3 nitrogen and oxygen atoms in total. The number of halogens is 1. The van der Waals surface area contributed by atoms with Crippen molar-refractivity contribution in [1.29, 1.82) is 0 Å². The van der Waals surface area contributed by atoms with Gasteiger partial charge in [0.1, 0.15) is 12.4 Å². The van der Waals surface area contributed by atoms with Crippen molar-refractivity contribution in [3.05, 3.63) is 59.1 Å². The lowest BCUT2D eigenvalue weighted by Gasteiger charge is -2.21. The van der Waals surface area contributed by atoms with E-state index in [0.717, 1.165) is 5.69 Å². The van der Waals surface area contributed by atoms with Gasteiger partial charge in [0, 0.05) is 12.7 Å². The fourth-order valence-electron chi connectivity index (χ4n) is 1.90. The molecule has 2 aromatic carbocycles. The van der Waals surface area contributed by atoms with Crippen LogP contribution < -0.4 is 10.1 Å². The van der Waals surface area contributed by atoms with Crippen LogP contribution in [0.25, 0.3) is 0 Å². The predicted octanol–water partition coefficient (Wildman–Crippen LogP) is 4.36. The fourth-order valence-corrected chi connectivity index (χ4v) is 2.30. The van der Waals surface area contributed by atoms with E-state index >= 15 is 0 Å². The number of benzene rings is 2. The molecular formula is C17H19ClN2OS. The van der Waals surface area contributed by atoms with Crippen molar-refractivity contribution >= 4 is 34.6 Å². The Balaban J connectivity index is 1.80. The summed E-state index contributed by atoms with van der Waals surface area (Å²) in [6.07, 6.45) is 0. The van der Waals surface area contributed by atoms with Crippen molar-refractivity contribution in [1.82, 2.24) is 4.90 Å². The van der Waals surface area contributed by atoms with Gasteiger partial charge in [-0.2, -0.15) is 0 Å². The first-order chi connectivity index (χ1) is 10.6. The molecule has 0 saturated carbocycles. The number of hydrogen-bond acceptors (Lipinski definition) is 2. The average molecular weight is 335 g/mol. The lowest BCUT2D eigenvalue weighted by molar-refractivity contribution is 0.285. The van der Waals surface area contributed by atoms with Crippen molar-refractivity contribution in [3.63, 3.8) is 0 Å². The zero-order valence-corrected chi connectivity index (χ0v) is 14.2. The van der Waals surface area contributed by atoms with E-state index in [4.69, 9.17) is 28.6 Å². The smallest absolute Gasteiger partial charge is 0.173 e. The van der Waals surface area contributed by atoms with Gasteiger partial charge in [-0.15, -0.1) is 0 Å². The number of nitrogens with one attached hydrogen (secondary N) is 1. The number of likely N-dealkylation sites (N-methyl/N-ethyl adjacent to an activating group) is 1. The molecule has 116 valence electrons. The van der Waals surface area contributed by atoms with Crippen LogP contribution in [-0.2, 0) is 0 Å². The first-order valence-corrected chi connectivity index (χ1v) is 7.81. The molecule has 0 amide bonds. The summed E-state index contributed by atoms with van der Waals surface area (Å²) in [4.78, 5) is 1.94. The van der Waals surface area contributed by atoms with Gasteiger partial charge in [0.2, 0.25) is 0 Å². The molecule has 0 radical (unpaired) electrons. The van der Waals surface area contributed by atoms with Crippen molar-refractivity contribution in [2.45, 2.75) is 6.92 Å². The number of nitrogens with zero attached hydrogens (tertiary/aromatic N) is 1. The number of para-hydroxylation sites is 1. The van der Waals surface area contributed by atoms with Crippen LogP contribution in [-0.4, -0.2) is 30.2 Å². The normalized spacial score (nSPS) is 10.1. The van der Waals surface area contributed by atoms with Gasteiger partial charge in [0.25, 0.3) is 0 Å². The minimum atomic E-state index is 0.510. The largest absolute Gasteiger partial charge is 0.490 e. The van der Waals surface area contributed by atoms with Crippen LogP contribution in [0.5, 0.6) is 5.75 Å². The van der Waals surface area contributed by atoms with E-state index in [1.54, 1.807) is 0 Å². The maximum absolute atomic E-state index is 6.05. The van der Waals surface area contributed by atoms with Crippen molar-refractivity contribution in [2.75, 3.05) is 25.5 Å². The SMILES string of the molecule is Cc1cccc(NC(=S)N(C)CCOc2ccccc2Cl)c1. The molecular weight excluding hydrogens is 316 g/mol. The highest BCUT2D eigenvalue weighted by Crippen LogP contribution is 2.22. The molecule has 22 heavy (non-hydrogen) atoms. The standard InChI is InChI=1S/C17H19ClN2OS/c1-13-6-5-7-14(12-13)19-17(22)20(2)10-11-21-16-9-4-3-8-15(16)18/h3-9,12H,10-11H2,1-2H3,(H,19,22). The Labute approximate surface area is 141 Å². The van der Waals surface area contributed by atoms with Gasteiger partial charge in [0.15, 0.2) is 5.11 Å². The van der Waals surface area contributed by atoms with Crippen molar-refractivity contribution < 1.29 is 4.74 Å². The Hall–Kier alpha value is -1.78. The maximum atomic E-state index is 6.05. The summed E-state index contributed by atoms with van der Waals surface area (Å²) < 4.78 is 5.67. The number of thiocarbonyl (C=S) groups is 1. The molecule has 0 aliphatic heterocycles. The summed E-state index contributed by atoms with van der Waals surface area (Å²) in [7, 11) is 1.93. The monoisotopic (exact) mass is 334 g/mol. The van der Waals surface area contributed by atoms with Crippen LogP contribution in [0, 0.1) is 6.92 Å². The van der Waals surface area contributed by atoms with E-state index in [9.17, 15) is 0 Å². The molecule has 0 saturated heterocycles. The zero-order chi connectivity index (χ0) is 15.9. The molecule has 0 aliphatic carbocycles. The van der Waals surface area contributed by atoms with Gasteiger partial charge in [-0.1, -0.05) is 35.9 Å². The summed E-state index contributed by atoms with van der Waals surface area (Å²) in [6.45, 7) is 3.23.